The number of furan rings is 1. The van der Waals surface area contributed by atoms with Crippen molar-refractivity contribution in [2.24, 2.45) is 0 Å². The molecule has 0 aliphatic carbocycles. The Bertz CT molecular complexity index is 1110. The number of fused-ring (bicyclic) bond motifs is 1. The average Bonchev–Trinajstić information content (AvgIpc) is 3.33. The number of thiazole rings is 1. The average molecular weight is 376 g/mol. The van der Waals surface area contributed by atoms with Gasteiger partial charge >= 0.3 is 0 Å². The lowest BCUT2D eigenvalue weighted by Gasteiger charge is -1.96. The molecule has 134 valence electrons. The molecule has 0 radical (unpaired) electrons. The topological polar surface area (TPSA) is 64.4 Å². The minimum absolute atomic E-state index is 0.265. The fourth-order valence-corrected chi connectivity index (χ4v) is 3.49. The number of amides is 1. The summed E-state index contributed by atoms with van der Waals surface area (Å²) < 4.78 is 11.9. The van der Waals surface area contributed by atoms with Crippen molar-refractivity contribution in [2.45, 2.75) is 0 Å². The summed E-state index contributed by atoms with van der Waals surface area (Å²) in [5.74, 6) is 1.86. The van der Waals surface area contributed by atoms with Gasteiger partial charge in [-0.25, -0.2) is 4.98 Å². The Balaban J connectivity index is 1.44. The van der Waals surface area contributed by atoms with Gasteiger partial charge < -0.3 is 9.15 Å². The number of nitrogens with one attached hydrogen (secondary N) is 1. The van der Waals surface area contributed by atoms with Crippen LogP contribution in [-0.2, 0) is 4.79 Å². The van der Waals surface area contributed by atoms with E-state index in [9.17, 15) is 4.79 Å². The first-order valence-corrected chi connectivity index (χ1v) is 9.12. The van der Waals surface area contributed by atoms with Crippen LogP contribution in [0.5, 0.6) is 5.75 Å². The van der Waals surface area contributed by atoms with Gasteiger partial charge in [0.15, 0.2) is 5.13 Å². The highest BCUT2D eigenvalue weighted by atomic mass is 32.1. The Labute approximate surface area is 159 Å². The number of nitrogens with zero attached hydrogens (tertiary/aromatic N) is 1. The van der Waals surface area contributed by atoms with Gasteiger partial charge in [-0.05, 0) is 36.4 Å². The largest absolute Gasteiger partial charge is 0.497 e. The molecular formula is C21H16N2O3S. The van der Waals surface area contributed by atoms with E-state index < -0.39 is 0 Å². The van der Waals surface area contributed by atoms with Gasteiger partial charge in [0.1, 0.15) is 17.3 Å². The predicted molar refractivity (Wildman–Crippen MR) is 108 cm³/mol. The molecule has 1 N–H and O–H groups in total. The Morgan fingerprint density at radius 1 is 1.15 bits per heavy atom. The van der Waals surface area contributed by atoms with E-state index in [0.717, 1.165) is 27.3 Å². The predicted octanol–water partition coefficient (Wildman–Crippen LogP) is 5.22. The molecule has 2 aromatic heterocycles. The molecule has 0 atom stereocenters. The maximum absolute atomic E-state index is 12.2. The second kappa shape index (κ2) is 7.47. The molecule has 2 aromatic carbocycles. The first-order chi connectivity index (χ1) is 13.2. The van der Waals surface area contributed by atoms with Crippen LogP contribution in [0.25, 0.3) is 27.6 Å². The highest BCUT2D eigenvalue weighted by Gasteiger charge is 2.07. The zero-order chi connectivity index (χ0) is 18.6. The van der Waals surface area contributed by atoms with E-state index in [1.54, 1.807) is 13.2 Å². The van der Waals surface area contributed by atoms with Crippen LogP contribution in [-0.4, -0.2) is 18.0 Å². The molecule has 0 aliphatic rings. The van der Waals surface area contributed by atoms with Gasteiger partial charge in [-0.2, -0.15) is 0 Å². The minimum atomic E-state index is -0.265. The van der Waals surface area contributed by atoms with Gasteiger partial charge in [-0.3, -0.25) is 10.1 Å². The third-order valence-electron chi connectivity index (χ3n) is 3.91. The molecule has 0 unspecified atom stereocenters. The molecule has 0 saturated heterocycles. The first-order valence-electron chi connectivity index (χ1n) is 8.30. The van der Waals surface area contributed by atoms with Gasteiger partial charge in [0, 0.05) is 11.6 Å². The van der Waals surface area contributed by atoms with Gasteiger partial charge in [-0.1, -0.05) is 41.7 Å². The summed E-state index contributed by atoms with van der Waals surface area (Å²) in [4.78, 5) is 16.6. The maximum Gasteiger partial charge on any atom is 0.250 e. The fourth-order valence-electron chi connectivity index (χ4n) is 2.59. The van der Waals surface area contributed by atoms with E-state index in [2.05, 4.69) is 10.3 Å². The van der Waals surface area contributed by atoms with Crippen LogP contribution in [0, 0.1) is 0 Å². The lowest BCUT2D eigenvalue weighted by Crippen LogP contribution is -2.07. The van der Waals surface area contributed by atoms with Gasteiger partial charge in [0.25, 0.3) is 0 Å². The van der Waals surface area contributed by atoms with Crippen LogP contribution in [0.2, 0.25) is 0 Å². The molecule has 1 amide bonds. The summed E-state index contributed by atoms with van der Waals surface area (Å²) in [5, 5.41) is 3.32. The van der Waals surface area contributed by atoms with E-state index in [1.165, 1.54) is 17.4 Å². The van der Waals surface area contributed by atoms with E-state index in [4.69, 9.17) is 9.15 Å². The monoisotopic (exact) mass is 376 g/mol. The third-order valence-corrected chi connectivity index (χ3v) is 4.84. The highest BCUT2D eigenvalue weighted by Crippen LogP contribution is 2.29. The summed E-state index contributed by atoms with van der Waals surface area (Å²) in [5.41, 5.74) is 1.81. The second-order valence-corrected chi connectivity index (χ2v) is 6.77. The number of methoxy groups -OCH3 is 1. The zero-order valence-corrected chi connectivity index (χ0v) is 15.3. The summed E-state index contributed by atoms with van der Waals surface area (Å²) in [6, 6.07) is 19.1. The van der Waals surface area contributed by atoms with Gasteiger partial charge in [0.05, 0.1) is 17.3 Å². The fraction of sp³-hybridized carbons (Fsp3) is 0.0476. The zero-order valence-electron chi connectivity index (χ0n) is 14.5. The number of rotatable bonds is 5. The number of hydrogen-bond acceptors (Lipinski definition) is 5. The summed E-state index contributed by atoms with van der Waals surface area (Å²) in [7, 11) is 1.62. The molecule has 0 aliphatic heterocycles. The van der Waals surface area contributed by atoms with Crippen molar-refractivity contribution >= 4 is 38.7 Å². The van der Waals surface area contributed by atoms with E-state index in [-0.39, 0.29) is 5.91 Å². The Kier molecular flexibility index (Phi) is 4.72. The lowest BCUT2D eigenvalue weighted by molar-refractivity contribution is -0.111. The number of hydrogen-bond donors (Lipinski definition) is 1. The summed E-state index contributed by atoms with van der Waals surface area (Å²) >= 11 is 1.40. The van der Waals surface area contributed by atoms with Crippen molar-refractivity contribution in [1.82, 2.24) is 4.98 Å². The van der Waals surface area contributed by atoms with Crippen molar-refractivity contribution in [1.29, 1.82) is 0 Å². The SMILES string of the molecule is COc1ccc2nc(NC(=O)/C=C/c3ccc(-c4ccccc4)o3)sc2c1. The maximum atomic E-state index is 12.2. The van der Waals surface area contributed by atoms with Crippen LogP contribution in [0.15, 0.2) is 71.2 Å². The molecule has 4 aromatic rings. The Morgan fingerprint density at radius 2 is 2.00 bits per heavy atom. The first kappa shape index (κ1) is 17.1. The number of carbonyl (C=O) groups is 1. The van der Waals surface area contributed by atoms with Gasteiger partial charge in [0.2, 0.25) is 5.91 Å². The van der Waals surface area contributed by atoms with E-state index in [0.29, 0.717) is 10.9 Å². The number of ether oxygens (including phenoxy) is 1. The number of benzene rings is 2. The van der Waals surface area contributed by atoms with Crippen molar-refractivity contribution < 1.29 is 13.9 Å². The Hall–Kier alpha value is -3.38. The number of anilines is 1. The molecule has 27 heavy (non-hydrogen) atoms. The highest BCUT2D eigenvalue weighted by molar-refractivity contribution is 7.22. The van der Waals surface area contributed by atoms with Crippen LogP contribution in [0.4, 0.5) is 5.13 Å². The number of aromatic nitrogens is 1. The molecule has 4 rings (SSSR count). The molecule has 0 fully saturated rings. The molecule has 5 nitrogen and oxygen atoms in total. The molecule has 0 bridgehead atoms. The third kappa shape index (κ3) is 3.91. The van der Waals surface area contributed by atoms with Crippen molar-refractivity contribution in [3.63, 3.8) is 0 Å². The number of carbonyl (C=O) groups excluding carboxylic acids is 1. The molecular weight excluding hydrogens is 360 g/mol. The van der Waals surface area contributed by atoms with Crippen LogP contribution < -0.4 is 10.1 Å². The molecule has 0 spiro atoms. The van der Waals surface area contributed by atoms with Crippen molar-refractivity contribution in [2.75, 3.05) is 12.4 Å². The molecule has 2 heterocycles. The normalized spacial score (nSPS) is 11.1. The summed E-state index contributed by atoms with van der Waals surface area (Å²) in [6.07, 6.45) is 3.07. The van der Waals surface area contributed by atoms with Crippen LogP contribution >= 0.6 is 11.3 Å². The summed E-state index contributed by atoms with van der Waals surface area (Å²) in [6.45, 7) is 0. The van der Waals surface area contributed by atoms with E-state index in [1.807, 2.05) is 60.7 Å². The van der Waals surface area contributed by atoms with Crippen molar-refractivity contribution in [3.8, 4) is 17.1 Å². The Morgan fingerprint density at radius 3 is 2.81 bits per heavy atom. The molecule has 0 saturated carbocycles. The van der Waals surface area contributed by atoms with E-state index >= 15 is 0 Å². The lowest BCUT2D eigenvalue weighted by atomic mass is 10.2. The quantitative estimate of drug-likeness (QED) is 0.485. The standard InChI is InChI=1S/C21H16N2O3S/c1-25-16-7-10-17-19(13-16)27-21(22-17)23-20(24)12-9-15-8-11-18(26-15)14-5-3-2-4-6-14/h2-13H,1H3,(H,22,23,24)/b12-9+. The molecule has 6 heteroatoms. The van der Waals surface area contributed by atoms with Crippen LogP contribution in [0.3, 0.4) is 0 Å². The smallest absolute Gasteiger partial charge is 0.250 e. The van der Waals surface area contributed by atoms with Crippen molar-refractivity contribution in [3.05, 3.63) is 72.5 Å². The van der Waals surface area contributed by atoms with Crippen LogP contribution in [0.1, 0.15) is 5.76 Å². The second-order valence-electron chi connectivity index (χ2n) is 5.74. The minimum Gasteiger partial charge on any atom is -0.497 e. The van der Waals surface area contributed by atoms with Gasteiger partial charge in [-0.15, -0.1) is 0 Å².